The van der Waals surface area contributed by atoms with E-state index in [0.717, 1.165) is 19.5 Å². The molecule has 0 fully saturated rings. The van der Waals surface area contributed by atoms with Crippen molar-refractivity contribution in [2.45, 2.75) is 84.8 Å². The van der Waals surface area contributed by atoms with Gasteiger partial charge in [-0.05, 0) is 19.3 Å². The molecule has 0 heterocycles. The Labute approximate surface area is 108 Å². The Morgan fingerprint density at radius 1 is 0.765 bits per heavy atom. The van der Waals surface area contributed by atoms with Gasteiger partial charge in [0.2, 0.25) is 0 Å². The van der Waals surface area contributed by atoms with Crippen LogP contribution in [0.2, 0.25) is 0 Å². The van der Waals surface area contributed by atoms with Gasteiger partial charge < -0.3 is 5.11 Å². The molecule has 1 unspecified atom stereocenters. The number of hydrogen-bond acceptors (Lipinski definition) is 2. The first-order valence-corrected chi connectivity index (χ1v) is 7.68. The van der Waals surface area contributed by atoms with Crippen molar-refractivity contribution in [2.24, 2.45) is 0 Å². The molecule has 0 aromatic rings. The van der Waals surface area contributed by atoms with Crippen molar-refractivity contribution in [3.63, 3.8) is 0 Å². The highest BCUT2D eigenvalue weighted by Crippen LogP contribution is 2.09. The monoisotopic (exact) mass is 243 g/mol. The molecular formula is C15H33NO. The third kappa shape index (κ3) is 9.61. The van der Waals surface area contributed by atoms with Gasteiger partial charge in [0.05, 0.1) is 0 Å². The molecule has 1 atom stereocenters. The highest BCUT2D eigenvalue weighted by Gasteiger charge is 2.12. The standard InChI is InChI=1S/C15H33NO/c1-4-7-9-11-13-16(15(17)6-3)14-12-10-8-5-2/h15,17H,4-14H2,1-3H3. The van der Waals surface area contributed by atoms with Gasteiger partial charge in [-0.25, -0.2) is 0 Å². The van der Waals surface area contributed by atoms with Crippen LogP contribution >= 0.6 is 0 Å². The Morgan fingerprint density at radius 2 is 1.24 bits per heavy atom. The van der Waals surface area contributed by atoms with Crippen molar-refractivity contribution in [1.82, 2.24) is 4.90 Å². The molecule has 17 heavy (non-hydrogen) atoms. The normalized spacial score (nSPS) is 13.2. The average Bonchev–Trinajstić information content (AvgIpc) is 2.36. The molecule has 0 aliphatic rings. The molecule has 0 aliphatic heterocycles. The fraction of sp³-hybridized carbons (Fsp3) is 1.00. The van der Waals surface area contributed by atoms with Crippen molar-refractivity contribution in [2.75, 3.05) is 13.1 Å². The van der Waals surface area contributed by atoms with Gasteiger partial charge in [0.25, 0.3) is 0 Å². The minimum Gasteiger partial charge on any atom is -0.378 e. The lowest BCUT2D eigenvalue weighted by molar-refractivity contribution is -0.000968. The van der Waals surface area contributed by atoms with Gasteiger partial charge in [0.1, 0.15) is 6.23 Å². The molecule has 0 spiro atoms. The molecular weight excluding hydrogens is 210 g/mol. The molecule has 0 aromatic carbocycles. The maximum Gasteiger partial charge on any atom is 0.107 e. The first kappa shape index (κ1) is 16.9. The second kappa shape index (κ2) is 12.4. The Balaban J connectivity index is 3.72. The zero-order valence-electron chi connectivity index (χ0n) is 12.2. The van der Waals surface area contributed by atoms with Crippen molar-refractivity contribution >= 4 is 0 Å². The van der Waals surface area contributed by atoms with Crippen molar-refractivity contribution in [3.8, 4) is 0 Å². The zero-order chi connectivity index (χ0) is 12.9. The lowest BCUT2D eigenvalue weighted by Crippen LogP contribution is -2.36. The number of aliphatic hydroxyl groups excluding tert-OH is 1. The van der Waals surface area contributed by atoms with Gasteiger partial charge in [-0.2, -0.15) is 0 Å². The van der Waals surface area contributed by atoms with E-state index >= 15 is 0 Å². The van der Waals surface area contributed by atoms with Crippen LogP contribution in [0.3, 0.4) is 0 Å². The fourth-order valence-electron chi connectivity index (χ4n) is 2.15. The molecule has 2 heteroatoms. The van der Waals surface area contributed by atoms with Crippen molar-refractivity contribution < 1.29 is 5.11 Å². The molecule has 0 radical (unpaired) electrons. The summed E-state index contributed by atoms with van der Waals surface area (Å²) in [7, 11) is 0. The van der Waals surface area contributed by atoms with Gasteiger partial charge in [-0.3, -0.25) is 4.90 Å². The van der Waals surface area contributed by atoms with E-state index in [9.17, 15) is 5.11 Å². The number of unbranched alkanes of at least 4 members (excludes halogenated alkanes) is 6. The Bertz CT molecular complexity index is 138. The van der Waals surface area contributed by atoms with E-state index in [2.05, 4.69) is 25.7 Å². The summed E-state index contributed by atoms with van der Waals surface area (Å²) in [4.78, 5) is 2.27. The van der Waals surface area contributed by atoms with E-state index in [0.29, 0.717) is 0 Å². The zero-order valence-corrected chi connectivity index (χ0v) is 12.2. The van der Waals surface area contributed by atoms with Crippen LogP contribution in [0.4, 0.5) is 0 Å². The van der Waals surface area contributed by atoms with Crippen LogP contribution in [0.1, 0.15) is 78.6 Å². The summed E-state index contributed by atoms with van der Waals surface area (Å²) in [5.74, 6) is 0. The number of hydrogen-bond donors (Lipinski definition) is 1. The van der Waals surface area contributed by atoms with E-state index in [1.54, 1.807) is 0 Å². The predicted molar refractivity (Wildman–Crippen MR) is 76.2 cm³/mol. The van der Waals surface area contributed by atoms with Crippen molar-refractivity contribution in [3.05, 3.63) is 0 Å². The fourth-order valence-corrected chi connectivity index (χ4v) is 2.15. The minimum atomic E-state index is -0.224. The van der Waals surface area contributed by atoms with Crippen LogP contribution in [-0.4, -0.2) is 29.3 Å². The lowest BCUT2D eigenvalue weighted by atomic mass is 10.1. The summed E-state index contributed by atoms with van der Waals surface area (Å²) in [5, 5.41) is 9.96. The first-order valence-electron chi connectivity index (χ1n) is 7.68. The Morgan fingerprint density at radius 3 is 1.59 bits per heavy atom. The molecule has 0 bridgehead atoms. The maximum absolute atomic E-state index is 9.96. The SMILES string of the molecule is CCCCCCN(CCCCCC)C(O)CC. The number of rotatable bonds is 12. The topological polar surface area (TPSA) is 23.5 Å². The van der Waals surface area contributed by atoms with Crippen LogP contribution in [0.25, 0.3) is 0 Å². The van der Waals surface area contributed by atoms with Gasteiger partial charge in [0, 0.05) is 13.1 Å². The van der Waals surface area contributed by atoms with Crippen LogP contribution < -0.4 is 0 Å². The summed E-state index contributed by atoms with van der Waals surface area (Å²) < 4.78 is 0. The molecule has 0 rings (SSSR count). The first-order chi connectivity index (χ1) is 8.26. The molecule has 0 saturated carbocycles. The smallest absolute Gasteiger partial charge is 0.107 e. The second-order valence-electron chi connectivity index (χ2n) is 5.05. The third-order valence-electron chi connectivity index (χ3n) is 3.38. The average molecular weight is 243 g/mol. The molecule has 0 aromatic heterocycles. The summed E-state index contributed by atoms with van der Waals surface area (Å²) in [6.07, 6.45) is 10.9. The number of nitrogens with zero attached hydrogens (tertiary/aromatic N) is 1. The van der Waals surface area contributed by atoms with Crippen LogP contribution in [-0.2, 0) is 0 Å². The van der Waals surface area contributed by atoms with E-state index in [4.69, 9.17) is 0 Å². The van der Waals surface area contributed by atoms with E-state index in [1.807, 2.05) is 0 Å². The molecule has 1 N–H and O–H groups in total. The molecule has 2 nitrogen and oxygen atoms in total. The third-order valence-corrected chi connectivity index (χ3v) is 3.38. The summed E-state index contributed by atoms with van der Waals surface area (Å²) in [6, 6.07) is 0. The van der Waals surface area contributed by atoms with E-state index in [-0.39, 0.29) is 6.23 Å². The van der Waals surface area contributed by atoms with Crippen LogP contribution in [0.5, 0.6) is 0 Å². The quantitative estimate of drug-likeness (QED) is 0.410. The van der Waals surface area contributed by atoms with Gasteiger partial charge >= 0.3 is 0 Å². The van der Waals surface area contributed by atoms with Gasteiger partial charge in [0.15, 0.2) is 0 Å². The molecule has 0 amide bonds. The Kier molecular flexibility index (Phi) is 12.3. The summed E-state index contributed by atoms with van der Waals surface area (Å²) in [6.45, 7) is 8.69. The molecule has 104 valence electrons. The van der Waals surface area contributed by atoms with Crippen LogP contribution in [0.15, 0.2) is 0 Å². The maximum atomic E-state index is 9.96. The highest BCUT2D eigenvalue weighted by molar-refractivity contribution is 4.61. The number of aliphatic hydroxyl groups is 1. The summed E-state index contributed by atoms with van der Waals surface area (Å²) >= 11 is 0. The molecule has 0 aliphatic carbocycles. The largest absolute Gasteiger partial charge is 0.378 e. The highest BCUT2D eigenvalue weighted by atomic mass is 16.3. The van der Waals surface area contributed by atoms with Gasteiger partial charge in [-0.1, -0.05) is 59.3 Å². The van der Waals surface area contributed by atoms with E-state index in [1.165, 1.54) is 51.4 Å². The van der Waals surface area contributed by atoms with Gasteiger partial charge in [-0.15, -0.1) is 0 Å². The minimum absolute atomic E-state index is 0.224. The second-order valence-corrected chi connectivity index (χ2v) is 5.05. The predicted octanol–water partition coefficient (Wildman–Crippen LogP) is 4.18. The van der Waals surface area contributed by atoms with Crippen molar-refractivity contribution in [1.29, 1.82) is 0 Å². The summed E-state index contributed by atoms with van der Waals surface area (Å²) in [5.41, 5.74) is 0. The molecule has 0 saturated heterocycles. The van der Waals surface area contributed by atoms with E-state index < -0.39 is 0 Å². The Hall–Kier alpha value is -0.0800. The lowest BCUT2D eigenvalue weighted by Gasteiger charge is -2.27. The van der Waals surface area contributed by atoms with Crippen LogP contribution in [0, 0.1) is 0 Å².